The molecule has 1 aromatic carbocycles. The molecule has 0 radical (unpaired) electrons. The Bertz CT molecular complexity index is 676. The molecule has 1 aromatic heterocycles. The van der Waals surface area contributed by atoms with Crippen LogP contribution in [0.1, 0.15) is 36.0 Å². The number of amides is 1. The van der Waals surface area contributed by atoms with Crippen molar-refractivity contribution in [2.75, 3.05) is 11.9 Å². The molecule has 0 saturated heterocycles. The highest BCUT2D eigenvalue weighted by molar-refractivity contribution is 6.31. The average molecular weight is 334 g/mol. The van der Waals surface area contributed by atoms with Crippen LogP contribution < -0.4 is 10.6 Å². The molecule has 1 amide bonds. The van der Waals surface area contributed by atoms with Gasteiger partial charge < -0.3 is 15.7 Å². The molecule has 1 heterocycles. The Morgan fingerprint density at radius 2 is 2.04 bits per heavy atom. The van der Waals surface area contributed by atoms with Crippen LogP contribution >= 0.6 is 11.6 Å². The number of nitrogens with zero attached hydrogens (tertiary/aromatic N) is 1. The number of aliphatic hydroxyl groups excluding tert-OH is 1. The van der Waals surface area contributed by atoms with E-state index in [9.17, 15) is 9.90 Å². The molecule has 0 aliphatic heterocycles. The lowest BCUT2D eigenvalue weighted by atomic mass is 10.1. The smallest absolute Gasteiger partial charge is 0.270 e. The second-order valence-electron chi connectivity index (χ2n) is 5.48. The number of anilines is 1. The fourth-order valence-electron chi connectivity index (χ4n) is 2.07. The van der Waals surface area contributed by atoms with Gasteiger partial charge in [-0.3, -0.25) is 9.78 Å². The second kappa shape index (κ2) is 7.94. The van der Waals surface area contributed by atoms with Crippen molar-refractivity contribution in [2.24, 2.45) is 0 Å². The maximum atomic E-state index is 11.9. The van der Waals surface area contributed by atoms with E-state index in [0.717, 1.165) is 0 Å². The van der Waals surface area contributed by atoms with Gasteiger partial charge in [-0.2, -0.15) is 0 Å². The predicted octanol–water partition coefficient (Wildman–Crippen LogP) is 3.02. The van der Waals surface area contributed by atoms with Crippen molar-refractivity contribution >= 4 is 23.2 Å². The van der Waals surface area contributed by atoms with E-state index in [4.69, 9.17) is 11.6 Å². The van der Waals surface area contributed by atoms with Crippen molar-refractivity contribution in [3.05, 3.63) is 58.9 Å². The largest absolute Gasteiger partial charge is 0.387 e. The first-order chi connectivity index (χ1) is 11.0. The summed E-state index contributed by atoms with van der Waals surface area (Å²) in [6.45, 7) is 4.05. The van der Waals surface area contributed by atoms with E-state index in [0.29, 0.717) is 22.0 Å². The van der Waals surface area contributed by atoms with Gasteiger partial charge in [0.15, 0.2) is 0 Å². The van der Waals surface area contributed by atoms with Crippen LogP contribution in [0.4, 0.5) is 5.69 Å². The van der Waals surface area contributed by atoms with Gasteiger partial charge in [0, 0.05) is 35.1 Å². The number of aliphatic hydroxyl groups is 1. The van der Waals surface area contributed by atoms with Crippen molar-refractivity contribution in [1.82, 2.24) is 10.3 Å². The van der Waals surface area contributed by atoms with Crippen molar-refractivity contribution in [3.63, 3.8) is 0 Å². The Hall–Kier alpha value is -2.11. The van der Waals surface area contributed by atoms with E-state index < -0.39 is 6.10 Å². The highest BCUT2D eigenvalue weighted by atomic mass is 35.5. The summed E-state index contributed by atoms with van der Waals surface area (Å²) in [7, 11) is 0. The molecule has 0 unspecified atom stereocenters. The highest BCUT2D eigenvalue weighted by Gasteiger charge is 2.12. The van der Waals surface area contributed by atoms with Crippen LogP contribution in [-0.4, -0.2) is 28.6 Å². The highest BCUT2D eigenvalue weighted by Crippen LogP contribution is 2.23. The first kappa shape index (κ1) is 17.2. The molecule has 6 heteroatoms. The quantitative estimate of drug-likeness (QED) is 0.759. The van der Waals surface area contributed by atoms with Crippen LogP contribution in [0.25, 0.3) is 0 Å². The normalized spacial score (nSPS) is 12.0. The molecule has 5 nitrogen and oxygen atoms in total. The monoisotopic (exact) mass is 333 g/mol. The molecule has 23 heavy (non-hydrogen) atoms. The molecule has 3 N–H and O–H groups in total. The van der Waals surface area contributed by atoms with Crippen LogP contribution in [0, 0.1) is 0 Å². The van der Waals surface area contributed by atoms with Gasteiger partial charge >= 0.3 is 0 Å². The Balaban J connectivity index is 2.01. The Labute approximate surface area is 140 Å². The third kappa shape index (κ3) is 4.94. The minimum atomic E-state index is -0.746. The van der Waals surface area contributed by atoms with Gasteiger partial charge in [-0.25, -0.2) is 0 Å². The Kier molecular flexibility index (Phi) is 5.96. The van der Waals surface area contributed by atoms with Gasteiger partial charge in [0.25, 0.3) is 5.91 Å². The molecule has 1 atom stereocenters. The fourth-order valence-corrected chi connectivity index (χ4v) is 2.33. The number of rotatable bonds is 6. The first-order valence-electron chi connectivity index (χ1n) is 7.40. The van der Waals surface area contributed by atoms with Gasteiger partial charge in [0.05, 0.1) is 6.10 Å². The van der Waals surface area contributed by atoms with E-state index in [1.165, 1.54) is 0 Å². The van der Waals surface area contributed by atoms with Gasteiger partial charge in [-0.15, -0.1) is 0 Å². The number of pyridine rings is 1. The Morgan fingerprint density at radius 1 is 1.30 bits per heavy atom. The number of hydrogen-bond acceptors (Lipinski definition) is 4. The number of halogens is 1. The zero-order valence-electron chi connectivity index (χ0n) is 13.1. The maximum absolute atomic E-state index is 11.9. The zero-order chi connectivity index (χ0) is 16.8. The molecule has 0 fully saturated rings. The molecule has 0 saturated carbocycles. The van der Waals surface area contributed by atoms with Crippen molar-refractivity contribution in [2.45, 2.75) is 26.0 Å². The summed E-state index contributed by atoms with van der Waals surface area (Å²) < 4.78 is 0. The van der Waals surface area contributed by atoms with E-state index >= 15 is 0 Å². The SMILES string of the molecule is CC(C)NC(=O)c1cc(NC[C@@H](O)c2ccccc2Cl)ccn1. The lowest BCUT2D eigenvalue weighted by molar-refractivity contribution is 0.0938. The molecule has 0 aliphatic carbocycles. The van der Waals surface area contributed by atoms with E-state index in [1.807, 2.05) is 26.0 Å². The average Bonchev–Trinajstić information content (AvgIpc) is 2.52. The summed E-state index contributed by atoms with van der Waals surface area (Å²) >= 11 is 6.07. The van der Waals surface area contributed by atoms with Gasteiger partial charge in [-0.05, 0) is 32.0 Å². The summed E-state index contributed by atoms with van der Waals surface area (Å²) in [6.07, 6.45) is 0.809. The van der Waals surface area contributed by atoms with Crippen LogP contribution in [0.5, 0.6) is 0 Å². The lowest BCUT2D eigenvalue weighted by Crippen LogP contribution is -2.30. The number of hydrogen-bond donors (Lipinski definition) is 3. The summed E-state index contributed by atoms with van der Waals surface area (Å²) in [5, 5.41) is 16.6. The number of benzene rings is 1. The van der Waals surface area contributed by atoms with Crippen LogP contribution in [0.2, 0.25) is 5.02 Å². The van der Waals surface area contributed by atoms with Crippen molar-refractivity contribution in [3.8, 4) is 0 Å². The predicted molar refractivity (Wildman–Crippen MR) is 91.7 cm³/mol. The fraction of sp³-hybridized carbons (Fsp3) is 0.294. The molecular weight excluding hydrogens is 314 g/mol. The minimum Gasteiger partial charge on any atom is -0.387 e. The number of carbonyl (C=O) groups excluding carboxylic acids is 1. The van der Waals surface area contributed by atoms with Crippen molar-refractivity contribution in [1.29, 1.82) is 0 Å². The zero-order valence-corrected chi connectivity index (χ0v) is 13.8. The summed E-state index contributed by atoms with van der Waals surface area (Å²) in [5.41, 5.74) is 1.70. The van der Waals surface area contributed by atoms with Gasteiger partial charge in [0.2, 0.25) is 0 Å². The number of nitrogens with one attached hydrogen (secondary N) is 2. The molecular formula is C17H20ClN3O2. The maximum Gasteiger partial charge on any atom is 0.270 e. The first-order valence-corrected chi connectivity index (χ1v) is 7.78. The van der Waals surface area contributed by atoms with Crippen LogP contribution in [-0.2, 0) is 0 Å². The number of carbonyl (C=O) groups is 1. The molecule has 0 spiro atoms. The van der Waals surface area contributed by atoms with Crippen LogP contribution in [0.15, 0.2) is 42.6 Å². The topological polar surface area (TPSA) is 74.2 Å². The van der Waals surface area contributed by atoms with E-state index in [1.54, 1.807) is 30.5 Å². The molecule has 2 rings (SSSR count). The van der Waals surface area contributed by atoms with Crippen molar-refractivity contribution < 1.29 is 9.90 Å². The van der Waals surface area contributed by atoms with Gasteiger partial charge in [0.1, 0.15) is 5.69 Å². The third-order valence-electron chi connectivity index (χ3n) is 3.18. The number of aromatic nitrogens is 1. The second-order valence-corrected chi connectivity index (χ2v) is 5.88. The summed E-state index contributed by atoms with van der Waals surface area (Å²) in [6, 6.07) is 10.6. The third-order valence-corrected chi connectivity index (χ3v) is 3.52. The lowest BCUT2D eigenvalue weighted by Gasteiger charge is -2.15. The molecule has 122 valence electrons. The Morgan fingerprint density at radius 3 is 2.74 bits per heavy atom. The molecule has 0 aliphatic rings. The molecule has 2 aromatic rings. The standard InChI is InChI=1S/C17H20ClN3O2/c1-11(2)21-17(23)15-9-12(7-8-19-15)20-10-16(22)13-5-3-4-6-14(13)18/h3-9,11,16,22H,10H2,1-2H3,(H,19,20)(H,21,23)/t16-/m1/s1. The minimum absolute atomic E-state index is 0.0444. The van der Waals surface area contributed by atoms with Gasteiger partial charge in [-0.1, -0.05) is 29.8 Å². The summed E-state index contributed by atoms with van der Waals surface area (Å²) in [4.78, 5) is 16.0. The van der Waals surface area contributed by atoms with E-state index in [-0.39, 0.29) is 18.5 Å². The summed E-state index contributed by atoms with van der Waals surface area (Å²) in [5.74, 6) is -0.227. The van der Waals surface area contributed by atoms with E-state index in [2.05, 4.69) is 15.6 Å². The molecule has 0 bridgehead atoms. The van der Waals surface area contributed by atoms with Crippen LogP contribution in [0.3, 0.4) is 0 Å².